The van der Waals surface area contributed by atoms with Crippen molar-refractivity contribution in [3.63, 3.8) is 0 Å². The van der Waals surface area contributed by atoms with Crippen LogP contribution in [-0.2, 0) is 0 Å². The Hall–Kier alpha value is -2.58. The number of rotatable bonds is 2. The van der Waals surface area contributed by atoms with E-state index in [1.807, 2.05) is 0 Å². The van der Waals surface area contributed by atoms with Crippen LogP contribution in [0.2, 0.25) is 0 Å². The third-order valence-corrected chi connectivity index (χ3v) is 2.56. The molecule has 2 aromatic rings. The highest BCUT2D eigenvalue weighted by molar-refractivity contribution is 6.05. The van der Waals surface area contributed by atoms with Crippen molar-refractivity contribution in [1.29, 1.82) is 0 Å². The molecule has 0 fully saturated rings. The molecule has 1 amide bonds. The lowest BCUT2D eigenvalue weighted by molar-refractivity contribution is 0.102. The number of aliphatic hydroxyl groups is 1. The minimum atomic E-state index is -0.279. The first-order chi connectivity index (χ1) is 9.22. The van der Waals surface area contributed by atoms with Gasteiger partial charge in [0.25, 0.3) is 5.91 Å². The van der Waals surface area contributed by atoms with Crippen molar-refractivity contribution in [2.45, 2.75) is 6.92 Å². The van der Waals surface area contributed by atoms with Crippen LogP contribution in [0.25, 0.3) is 0 Å². The van der Waals surface area contributed by atoms with Crippen LogP contribution in [0.3, 0.4) is 0 Å². The van der Waals surface area contributed by atoms with Gasteiger partial charge in [-0.2, -0.15) is 0 Å². The largest absolute Gasteiger partial charge is 0.384 e. The third kappa shape index (κ3) is 3.00. The standard InChI is InChI=1S/C14H12N2O3/c1-10-11(5-3-8-17)4-2-6-12(10)14(18)15-13-7-9-19-16-13/h2,4,6-7,9,17H,8H2,1H3,(H,15,16,18). The molecule has 0 aliphatic carbocycles. The molecule has 96 valence electrons. The highest BCUT2D eigenvalue weighted by Crippen LogP contribution is 2.14. The maximum absolute atomic E-state index is 12.1. The van der Waals surface area contributed by atoms with Crippen molar-refractivity contribution in [3.05, 3.63) is 47.2 Å². The van der Waals surface area contributed by atoms with E-state index in [4.69, 9.17) is 5.11 Å². The van der Waals surface area contributed by atoms with Gasteiger partial charge in [-0.3, -0.25) is 4.79 Å². The molecule has 0 saturated heterocycles. The number of hydrogen-bond acceptors (Lipinski definition) is 4. The summed E-state index contributed by atoms with van der Waals surface area (Å²) in [5.74, 6) is 5.45. The van der Waals surface area contributed by atoms with Crippen LogP contribution in [0.4, 0.5) is 5.82 Å². The maximum Gasteiger partial charge on any atom is 0.257 e. The molecule has 1 heterocycles. The summed E-state index contributed by atoms with van der Waals surface area (Å²) < 4.78 is 4.64. The lowest BCUT2D eigenvalue weighted by atomic mass is 10.0. The lowest BCUT2D eigenvalue weighted by Gasteiger charge is -2.06. The van der Waals surface area contributed by atoms with Gasteiger partial charge in [0.15, 0.2) is 5.82 Å². The Morgan fingerprint density at radius 3 is 3.00 bits per heavy atom. The van der Waals surface area contributed by atoms with Gasteiger partial charge in [0, 0.05) is 17.2 Å². The van der Waals surface area contributed by atoms with Crippen LogP contribution in [0.1, 0.15) is 21.5 Å². The molecule has 0 atom stereocenters. The van der Waals surface area contributed by atoms with E-state index in [1.54, 1.807) is 31.2 Å². The van der Waals surface area contributed by atoms with Gasteiger partial charge in [0.05, 0.1) is 0 Å². The molecule has 5 heteroatoms. The predicted molar refractivity (Wildman–Crippen MR) is 69.6 cm³/mol. The van der Waals surface area contributed by atoms with E-state index in [0.29, 0.717) is 16.9 Å². The van der Waals surface area contributed by atoms with E-state index in [9.17, 15) is 4.79 Å². The second kappa shape index (κ2) is 5.85. The van der Waals surface area contributed by atoms with Gasteiger partial charge in [-0.05, 0) is 24.6 Å². The highest BCUT2D eigenvalue weighted by atomic mass is 16.5. The van der Waals surface area contributed by atoms with Gasteiger partial charge in [0.2, 0.25) is 0 Å². The molecule has 5 nitrogen and oxygen atoms in total. The number of aromatic nitrogens is 1. The normalized spacial score (nSPS) is 9.58. The first kappa shape index (κ1) is 12.9. The van der Waals surface area contributed by atoms with Gasteiger partial charge in [-0.25, -0.2) is 0 Å². The number of aliphatic hydroxyl groups excluding tert-OH is 1. The minimum absolute atomic E-state index is 0.213. The maximum atomic E-state index is 12.1. The van der Waals surface area contributed by atoms with E-state index in [-0.39, 0.29) is 12.5 Å². The number of amides is 1. The Bertz CT molecular complexity index is 636. The zero-order valence-electron chi connectivity index (χ0n) is 10.3. The molecule has 2 rings (SSSR count). The summed E-state index contributed by atoms with van der Waals surface area (Å²) in [6.45, 7) is 1.59. The van der Waals surface area contributed by atoms with Gasteiger partial charge < -0.3 is 14.9 Å². The molecule has 0 aliphatic rings. The fraction of sp³-hybridized carbons (Fsp3) is 0.143. The van der Waals surface area contributed by atoms with E-state index in [1.165, 1.54) is 6.26 Å². The third-order valence-electron chi connectivity index (χ3n) is 2.56. The molecule has 0 spiro atoms. The summed E-state index contributed by atoms with van der Waals surface area (Å²) in [4.78, 5) is 12.1. The first-order valence-corrected chi connectivity index (χ1v) is 5.63. The number of nitrogens with zero attached hydrogens (tertiary/aromatic N) is 1. The van der Waals surface area contributed by atoms with Crippen molar-refractivity contribution in [2.24, 2.45) is 0 Å². The molecule has 0 aliphatic heterocycles. The smallest absolute Gasteiger partial charge is 0.257 e. The van der Waals surface area contributed by atoms with Crippen LogP contribution in [0, 0.1) is 18.8 Å². The van der Waals surface area contributed by atoms with E-state index >= 15 is 0 Å². The van der Waals surface area contributed by atoms with E-state index in [2.05, 4.69) is 26.8 Å². The van der Waals surface area contributed by atoms with E-state index < -0.39 is 0 Å². The summed E-state index contributed by atoms with van der Waals surface area (Å²) in [5.41, 5.74) is 1.97. The quantitative estimate of drug-likeness (QED) is 0.800. The fourth-order valence-corrected chi connectivity index (χ4v) is 1.61. The first-order valence-electron chi connectivity index (χ1n) is 5.63. The summed E-state index contributed by atoms with van der Waals surface area (Å²) in [6.07, 6.45) is 1.38. The number of carbonyl (C=O) groups excluding carboxylic acids is 1. The summed E-state index contributed by atoms with van der Waals surface area (Å²) >= 11 is 0. The summed E-state index contributed by atoms with van der Waals surface area (Å²) in [5, 5.41) is 14.9. The van der Waals surface area contributed by atoms with Gasteiger partial charge in [-0.15, -0.1) is 0 Å². The molecule has 0 saturated carbocycles. The van der Waals surface area contributed by atoms with Crippen LogP contribution in [-0.4, -0.2) is 22.8 Å². The zero-order valence-corrected chi connectivity index (χ0v) is 10.3. The SMILES string of the molecule is Cc1c(C#CCO)cccc1C(=O)Nc1ccon1. The fourth-order valence-electron chi connectivity index (χ4n) is 1.61. The molecule has 1 aromatic carbocycles. The number of nitrogens with one attached hydrogen (secondary N) is 1. The Morgan fingerprint density at radius 2 is 2.32 bits per heavy atom. The molecule has 0 bridgehead atoms. The van der Waals surface area contributed by atoms with Crippen LogP contribution in [0.15, 0.2) is 35.1 Å². The number of benzene rings is 1. The predicted octanol–water partition coefficient (Wildman–Crippen LogP) is 1.58. The molecular weight excluding hydrogens is 244 g/mol. The summed E-state index contributed by atoms with van der Waals surface area (Å²) in [7, 11) is 0. The van der Waals surface area contributed by atoms with Crippen molar-refractivity contribution >= 4 is 11.7 Å². The van der Waals surface area contributed by atoms with E-state index in [0.717, 1.165) is 5.56 Å². The molecule has 0 unspecified atom stereocenters. The number of anilines is 1. The lowest BCUT2D eigenvalue weighted by Crippen LogP contribution is -2.14. The molecule has 0 radical (unpaired) electrons. The topological polar surface area (TPSA) is 75.4 Å². The van der Waals surface area contributed by atoms with Gasteiger partial charge in [-0.1, -0.05) is 23.1 Å². The van der Waals surface area contributed by atoms with Crippen LogP contribution < -0.4 is 5.32 Å². The average Bonchev–Trinajstić information content (AvgIpc) is 2.90. The highest BCUT2D eigenvalue weighted by Gasteiger charge is 2.12. The molecule has 2 N–H and O–H groups in total. The van der Waals surface area contributed by atoms with Crippen molar-refractivity contribution in [3.8, 4) is 11.8 Å². The van der Waals surface area contributed by atoms with Crippen molar-refractivity contribution in [1.82, 2.24) is 5.16 Å². The number of hydrogen-bond donors (Lipinski definition) is 2. The second-order valence-corrected chi connectivity index (χ2v) is 3.78. The summed E-state index contributed by atoms with van der Waals surface area (Å²) in [6, 6.07) is 6.80. The Labute approximate surface area is 110 Å². The van der Waals surface area contributed by atoms with Gasteiger partial charge in [0.1, 0.15) is 12.9 Å². The monoisotopic (exact) mass is 256 g/mol. The van der Waals surface area contributed by atoms with Gasteiger partial charge >= 0.3 is 0 Å². The Kier molecular flexibility index (Phi) is 3.96. The number of carbonyl (C=O) groups is 1. The average molecular weight is 256 g/mol. The molecule has 1 aromatic heterocycles. The Morgan fingerprint density at radius 1 is 1.47 bits per heavy atom. The van der Waals surface area contributed by atoms with Crippen molar-refractivity contribution in [2.75, 3.05) is 11.9 Å². The minimum Gasteiger partial charge on any atom is -0.384 e. The van der Waals surface area contributed by atoms with Crippen LogP contribution in [0.5, 0.6) is 0 Å². The second-order valence-electron chi connectivity index (χ2n) is 3.78. The molecular formula is C14H12N2O3. The van der Waals surface area contributed by atoms with Crippen LogP contribution >= 0.6 is 0 Å². The Balaban J connectivity index is 2.27. The molecule has 19 heavy (non-hydrogen) atoms. The zero-order chi connectivity index (χ0) is 13.7. The van der Waals surface area contributed by atoms with Crippen molar-refractivity contribution < 1.29 is 14.4 Å².